The lowest BCUT2D eigenvalue weighted by molar-refractivity contribution is 0.243. The Kier molecular flexibility index (Phi) is 9.07. The molecule has 2 aromatic carbocycles. The fourth-order valence-electron chi connectivity index (χ4n) is 4.77. The van der Waals surface area contributed by atoms with Gasteiger partial charge in [-0.3, -0.25) is 0 Å². The van der Waals surface area contributed by atoms with Gasteiger partial charge in [0.05, 0.1) is 33.8 Å². The van der Waals surface area contributed by atoms with Crippen molar-refractivity contribution in [1.29, 1.82) is 0 Å². The molecule has 0 amide bonds. The van der Waals surface area contributed by atoms with E-state index in [1.54, 1.807) is 38.1 Å². The van der Waals surface area contributed by atoms with Crippen molar-refractivity contribution >= 4 is 50.2 Å². The Morgan fingerprint density at radius 1 is 1.07 bits per heavy atom. The first-order chi connectivity index (χ1) is 18.8. The Labute approximate surface area is 242 Å². The maximum absolute atomic E-state index is 12.9. The second-order valence-electron chi connectivity index (χ2n) is 10.8. The summed E-state index contributed by atoms with van der Waals surface area (Å²) in [6.45, 7) is 13.7. The highest BCUT2D eigenvalue weighted by atomic mass is 35.5. The predicted molar refractivity (Wildman–Crippen MR) is 164 cm³/mol. The van der Waals surface area contributed by atoms with Gasteiger partial charge in [0.25, 0.3) is 0 Å². The van der Waals surface area contributed by atoms with E-state index < -0.39 is 15.1 Å². The van der Waals surface area contributed by atoms with Crippen molar-refractivity contribution < 1.29 is 13.2 Å². The zero-order chi connectivity index (χ0) is 29.2. The summed E-state index contributed by atoms with van der Waals surface area (Å²) >= 11 is 6.43. The molecule has 0 aliphatic carbocycles. The van der Waals surface area contributed by atoms with Crippen LogP contribution in [0.3, 0.4) is 0 Å². The molecule has 0 bridgehead atoms. The summed E-state index contributed by atoms with van der Waals surface area (Å²) in [5.41, 5.74) is 4.67. The molecule has 1 aromatic heterocycles. The van der Waals surface area contributed by atoms with Gasteiger partial charge < -0.3 is 20.7 Å². The lowest BCUT2D eigenvalue weighted by Gasteiger charge is -2.27. The molecule has 1 aliphatic heterocycles. The molecule has 0 unspecified atom stereocenters. The number of hydrogen-bond donors (Lipinski definition) is 3. The number of hydrogen-bond acceptors (Lipinski definition) is 8. The van der Waals surface area contributed by atoms with Crippen molar-refractivity contribution in [2.45, 2.75) is 83.2 Å². The molecule has 8 nitrogen and oxygen atoms in total. The third-order valence-corrected chi connectivity index (χ3v) is 9.10. The second-order valence-corrected chi connectivity index (χ2v) is 13.7. The summed E-state index contributed by atoms with van der Waals surface area (Å²) in [5.74, 6) is 1.27. The highest BCUT2D eigenvalue weighted by Crippen LogP contribution is 2.37. The Morgan fingerprint density at radius 3 is 2.48 bits per heavy atom. The molecule has 0 spiro atoms. The van der Waals surface area contributed by atoms with Crippen LogP contribution in [0.15, 0.2) is 53.6 Å². The number of sulfone groups is 1. The zero-order valence-corrected chi connectivity index (χ0v) is 25.6. The van der Waals surface area contributed by atoms with Crippen LogP contribution in [0.1, 0.15) is 59.1 Å². The quantitative estimate of drug-likeness (QED) is 0.246. The summed E-state index contributed by atoms with van der Waals surface area (Å²) in [4.78, 5) is 9.13. The first kappa shape index (κ1) is 29.8. The van der Waals surface area contributed by atoms with Gasteiger partial charge in [0, 0.05) is 12.1 Å². The number of rotatable bonds is 9. The fourth-order valence-corrected chi connectivity index (χ4v) is 6.11. The monoisotopic (exact) mass is 583 g/mol. The van der Waals surface area contributed by atoms with Gasteiger partial charge in [-0.1, -0.05) is 29.8 Å². The minimum atomic E-state index is -3.53. The van der Waals surface area contributed by atoms with E-state index in [0.29, 0.717) is 29.5 Å². The molecule has 10 heteroatoms. The lowest BCUT2D eigenvalue weighted by Crippen LogP contribution is -2.36. The largest absolute Gasteiger partial charge is 0.489 e. The van der Waals surface area contributed by atoms with E-state index in [-0.39, 0.29) is 21.8 Å². The van der Waals surface area contributed by atoms with Crippen LogP contribution in [0.2, 0.25) is 5.02 Å². The van der Waals surface area contributed by atoms with Crippen LogP contribution in [0.25, 0.3) is 5.57 Å². The third-order valence-electron chi connectivity index (χ3n) is 6.62. The van der Waals surface area contributed by atoms with E-state index in [0.717, 1.165) is 23.2 Å². The fraction of sp³-hybridized carbons (Fsp3) is 0.400. The molecule has 40 heavy (non-hydrogen) atoms. The van der Waals surface area contributed by atoms with Gasteiger partial charge in [-0.2, -0.15) is 4.98 Å². The van der Waals surface area contributed by atoms with E-state index in [2.05, 4.69) is 58.8 Å². The zero-order valence-electron chi connectivity index (χ0n) is 24.0. The molecule has 3 N–H and O–H groups in total. The van der Waals surface area contributed by atoms with Gasteiger partial charge in [0.15, 0.2) is 15.7 Å². The lowest BCUT2D eigenvalue weighted by atomic mass is 9.90. The number of halogens is 1. The van der Waals surface area contributed by atoms with Crippen LogP contribution in [-0.2, 0) is 9.84 Å². The van der Waals surface area contributed by atoms with Crippen molar-refractivity contribution in [3.05, 3.63) is 64.8 Å². The van der Waals surface area contributed by atoms with E-state index >= 15 is 0 Å². The number of aryl methyl sites for hydroxylation is 1. The van der Waals surface area contributed by atoms with Crippen molar-refractivity contribution in [1.82, 2.24) is 15.3 Å². The van der Waals surface area contributed by atoms with Crippen LogP contribution in [-0.4, -0.2) is 41.8 Å². The molecule has 4 rings (SSSR count). The maximum atomic E-state index is 12.9. The van der Waals surface area contributed by atoms with Crippen molar-refractivity contribution in [3.8, 4) is 5.75 Å². The number of ether oxygens (including phenoxy) is 1. The Balaban J connectivity index is 1.69. The predicted octanol–water partition coefficient (Wildman–Crippen LogP) is 7.05. The van der Waals surface area contributed by atoms with Crippen molar-refractivity contribution in [3.63, 3.8) is 0 Å². The summed E-state index contributed by atoms with van der Waals surface area (Å²) in [7, 11) is -3.53. The maximum Gasteiger partial charge on any atom is 0.229 e. The highest BCUT2D eigenvalue weighted by Gasteiger charge is 2.24. The molecule has 2 atom stereocenters. The van der Waals surface area contributed by atoms with Crippen LogP contribution in [0, 0.1) is 6.92 Å². The van der Waals surface area contributed by atoms with Crippen LogP contribution >= 0.6 is 11.6 Å². The van der Waals surface area contributed by atoms with Crippen molar-refractivity contribution in [2.24, 2.45) is 0 Å². The minimum Gasteiger partial charge on any atom is -0.489 e. The summed E-state index contributed by atoms with van der Waals surface area (Å²) < 4.78 is 32.1. The standard InChI is InChI=1S/C30H38ClN5O3S/c1-17(2)39-27-15-23(22-13-20(6)33-21(7)14-22)19(5)12-26(27)35-30-32-16-24(31)29(36-30)34-25-10-8-9-11-28(25)40(37,38)18(3)4/h8-13,15-18,20-21,33H,14H2,1-7H3,(H2,32,34,35,36)/t20-,21+/m0/s1. The molecule has 0 saturated heterocycles. The van der Waals surface area contributed by atoms with E-state index in [4.69, 9.17) is 16.3 Å². The molecule has 214 valence electrons. The molecule has 0 radical (unpaired) electrons. The van der Waals surface area contributed by atoms with Gasteiger partial charge in [0.1, 0.15) is 10.8 Å². The first-order valence-corrected chi connectivity index (χ1v) is 15.5. The number of nitrogens with one attached hydrogen (secondary N) is 3. The molecular formula is C30H38ClN5O3S. The highest BCUT2D eigenvalue weighted by molar-refractivity contribution is 7.92. The average molecular weight is 584 g/mol. The van der Waals surface area contributed by atoms with E-state index in [1.165, 1.54) is 11.8 Å². The SMILES string of the molecule is Cc1cc(Nc2ncc(Cl)c(Nc3ccccc3S(=O)(=O)C(C)C)n2)c(OC(C)C)cc1C1=C[C@H](C)N[C@H](C)C1. The first-order valence-electron chi connectivity index (χ1n) is 13.5. The number of anilines is 4. The molecular weight excluding hydrogens is 546 g/mol. The number of aromatic nitrogens is 2. The summed E-state index contributed by atoms with van der Waals surface area (Å²) in [6, 6.07) is 11.5. The van der Waals surface area contributed by atoms with E-state index in [9.17, 15) is 8.42 Å². The Morgan fingerprint density at radius 2 is 1.80 bits per heavy atom. The van der Waals surface area contributed by atoms with Gasteiger partial charge in [0.2, 0.25) is 5.95 Å². The van der Waals surface area contributed by atoms with Gasteiger partial charge in [-0.25, -0.2) is 13.4 Å². The molecule has 1 aliphatic rings. The molecule has 0 saturated carbocycles. The van der Waals surface area contributed by atoms with Crippen LogP contribution in [0.4, 0.5) is 23.1 Å². The van der Waals surface area contributed by atoms with Crippen LogP contribution < -0.4 is 20.7 Å². The number of nitrogens with zero attached hydrogens (tertiary/aromatic N) is 2. The second kappa shape index (κ2) is 12.2. The normalized spacial score (nSPS) is 17.6. The number of benzene rings is 2. The van der Waals surface area contributed by atoms with Gasteiger partial charge in [-0.15, -0.1) is 0 Å². The number of para-hydroxylation sites is 1. The topological polar surface area (TPSA) is 105 Å². The summed E-state index contributed by atoms with van der Waals surface area (Å²) in [6.07, 6.45) is 4.64. The Bertz CT molecular complexity index is 1520. The van der Waals surface area contributed by atoms with E-state index in [1.807, 2.05) is 19.9 Å². The van der Waals surface area contributed by atoms with Crippen molar-refractivity contribution in [2.75, 3.05) is 10.6 Å². The minimum absolute atomic E-state index is 0.0428. The van der Waals surface area contributed by atoms with Crippen LogP contribution in [0.5, 0.6) is 5.75 Å². The average Bonchev–Trinajstić information content (AvgIpc) is 2.87. The third kappa shape index (κ3) is 6.77. The summed E-state index contributed by atoms with van der Waals surface area (Å²) in [5, 5.41) is 9.61. The van der Waals surface area contributed by atoms with Gasteiger partial charge >= 0.3 is 0 Å². The van der Waals surface area contributed by atoms with Gasteiger partial charge in [-0.05, 0) is 95.9 Å². The smallest absolute Gasteiger partial charge is 0.229 e. The Hall–Kier alpha value is -3.14. The molecule has 0 fully saturated rings. The molecule has 3 aromatic rings. The molecule has 2 heterocycles.